The third kappa shape index (κ3) is 5.03. The number of morpholine rings is 1. The number of carbonyl (C=O) groups excluding carboxylic acids is 2. The fraction of sp³-hybridized carbons (Fsp3) is 0.407. The molecule has 2 saturated heterocycles. The number of hydrogen-bond donors (Lipinski definition) is 2. The van der Waals surface area contributed by atoms with E-state index in [2.05, 4.69) is 4.90 Å². The number of rotatable bonds is 8. The molecule has 2 aromatic carbocycles. The lowest BCUT2D eigenvalue weighted by Gasteiger charge is -2.31. The molecule has 192 valence electrons. The number of methoxy groups -OCH3 is 1. The standard InChI is InChI=1S/C27H32N2O7/c1-4-36-22-16-18(5-8-21(22)30)24-23(25(31)20-7-6-19(34-3)15-17(20)2)26(32)27(33)29(24)10-9-28-11-13-35-14-12-28/h5-8,15-16,24,30-31H,4,9-14H2,1-3H3/b25-23-. The molecule has 2 aliphatic heterocycles. The second-order valence-electron chi connectivity index (χ2n) is 8.79. The number of carbonyl (C=O) groups is 2. The van der Waals surface area contributed by atoms with Crippen LogP contribution in [0.2, 0.25) is 0 Å². The first-order valence-corrected chi connectivity index (χ1v) is 12.0. The number of benzene rings is 2. The highest BCUT2D eigenvalue weighted by Gasteiger charge is 2.46. The summed E-state index contributed by atoms with van der Waals surface area (Å²) in [7, 11) is 1.55. The van der Waals surface area contributed by atoms with E-state index in [1.54, 1.807) is 51.3 Å². The Labute approximate surface area is 210 Å². The van der Waals surface area contributed by atoms with E-state index in [4.69, 9.17) is 14.2 Å². The van der Waals surface area contributed by atoms with Crippen LogP contribution in [0.1, 0.15) is 29.7 Å². The summed E-state index contributed by atoms with van der Waals surface area (Å²) in [5.74, 6) is -0.858. The Morgan fingerprint density at radius 2 is 1.86 bits per heavy atom. The number of hydrogen-bond acceptors (Lipinski definition) is 8. The van der Waals surface area contributed by atoms with E-state index in [0.29, 0.717) is 55.4 Å². The van der Waals surface area contributed by atoms with Crippen molar-refractivity contribution in [2.24, 2.45) is 0 Å². The van der Waals surface area contributed by atoms with Crippen molar-refractivity contribution in [3.8, 4) is 17.2 Å². The van der Waals surface area contributed by atoms with Crippen molar-refractivity contribution < 1.29 is 34.0 Å². The number of aliphatic hydroxyl groups is 1. The van der Waals surface area contributed by atoms with Crippen molar-refractivity contribution in [1.82, 2.24) is 9.80 Å². The van der Waals surface area contributed by atoms with Crippen LogP contribution < -0.4 is 9.47 Å². The Bertz CT molecular complexity index is 1170. The summed E-state index contributed by atoms with van der Waals surface area (Å²) in [4.78, 5) is 30.3. The number of amides is 1. The van der Waals surface area contributed by atoms with E-state index >= 15 is 0 Å². The zero-order valence-electron chi connectivity index (χ0n) is 20.8. The molecule has 2 fully saturated rings. The van der Waals surface area contributed by atoms with Crippen LogP contribution in [-0.2, 0) is 14.3 Å². The number of Topliss-reactive ketones (excluding diaryl/α,β-unsaturated/α-hetero) is 1. The van der Waals surface area contributed by atoms with E-state index in [0.717, 1.165) is 13.1 Å². The first-order chi connectivity index (χ1) is 17.3. The molecule has 0 aromatic heterocycles. The maximum absolute atomic E-state index is 13.3. The van der Waals surface area contributed by atoms with Gasteiger partial charge in [-0.3, -0.25) is 14.5 Å². The van der Waals surface area contributed by atoms with E-state index < -0.39 is 17.7 Å². The van der Waals surface area contributed by atoms with E-state index in [-0.39, 0.29) is 22.8 Å². The quantitative estimate of drug-likeness (QED) is 0.326. The molecule has 36 heavy (non-hydrogen) atoms. The van der Waals surface area contributed by atoms with Gasteiger partial charge in [-0.05, 0) is 55.3 Å². The molecule has 0 saturated carbocycles. The van der Waals surface area contributed by atoms with Gasteiger partial charge in [0.05, 0.1) is 38.5 Å². The summed E-state index contributed by atoms with van der Waals surface area (Å²) in [5, 5.41) is 21.6. The van der Waals surface area contributed by atoms with Crippen LogP contribution in [0.5, 0.6) is 17.2 Å². The summed E-state index contributed by atoms with van der Waals surface area (Å²) < 4.78 is 16.2. The van der Waals surface area contributed by atoms with Crippen molar-refractivity contribution in [2.75, 3.05) is 53.1 Å². The van der Waals surface area contributed by atoms with Gasteiger partial charge in [-0.25, -0.2) is 0 Å². The maximum atomic E-state index is 13.3. The fourth-order valence-corrected chi connectivity index (χ4v) is 4.68. The molecule has 9 heteroatoms. The molecule has 0 radical (unpaired) electrons. The molecule has 2 aliphatic rings. The first-order valence-electron chi connectivity index (χ1n) is 12.0. The Balaban J connectivity index is 1.79. The van der Waals surface area contributed by atoms with Crippen LogP contribution in [0.25, 0.3) is 5.76 Å². The van der Waals surface area contributed by atoms with Crippen molar-refractivity contribution in [2.45, 2.75) is 19.9 Å². The van der Waals surface area contributed by atoms with Gasteiger partial charge < -0.3 is 29.3 Å². The smallest absolute Gasteiger partial charge is 0.295 e. The molecule has 0 bridgehead atoms. The topological polar surface area (TPSA) is 109 Å². The SMILES string of the molecule is CCOc1cc(C2/C(=C(/O)c3ccc(OC)cc3C)C(=O)C(=O)N2CCN2CCOCC2)ccc1O. The second-order valence-corrected chi connectivity index (χ2v) is 8.79. The third-order valence-corrected chi connectivity index (χ3v) is 6.59. The largest absolute Gasteiger partial charge is 0.507 e. The Kier molecular flexibility index (Phi) is 7.81. The summed E-state index contributed by atoms with van der Waals surface area (Å²) in [6.45, 7) is 7.51. The molecule has 2 aromatic rings. The van der Waals surface area contributed by atoms with Gasteiger partial charge in [0.2, 0.25) is 0 Å². The number of ketones is 1. The number of nitrogens with zero attached hydrogens (tertiary/aromatic N) is 2. The molecule has 0 spiro atoms. The van der Waals surface area contributed by atoms with E-state index in [1.165, 1.54) is 11.0 Å². The van der Waals surface area contributed by atoms with Crippen LogP contribution in [0, 0.1) is 6.92 Å². The average Bonchev–Trinajstić information content (AvgIpc) is 3.14. The molecule has 1 unspecified atom stereocenters. The zero-order chi connectivity index (χ0) is 25.8. The Hall–Kier alpha value is -3.56. The highest BCUT2D eigenvalue weighted by molar-refractivity contribution is 6.46. The number of phenols is 1. The maximum Gasteiger partial charge on any atom is 0.295 e. The lowest BCUT2D eigenvalue weighted by molar-refractivity contribution is -0.140. The van der Waals surface area contributed by atoms with Gasteiger partial charge >= 0.3 is 0 Å². The van der Waals surface area contributed by atoms with Gasteiger partial charge in [0.15, 0.2) is 11.5 Å². The van der Waals surface area contributed by atoms with Gasteiger partial charge in [0, 0.05) is 31.7 Å². The second kappa shape index (κ2) is 11.0. The minimum absolute atomic E-state index is 0.00313. The number of phenolic OH excluding ortho intramolecular Hbond substituents is 1. The van der Waals surface area contributed by atoms with Crippen molar-refractivity contribution in [3.05, 3.63) is 58.7 Å². The summed E-state index contributed by atoms with van der Waals surface area (Å²) >= 11 is 0. The van der Waals surface area contributed by atoms with Crippen LogP contribution in [0.4, 0.5) is 0 Å². The molecule has 2 N–H and O–H groups in total. The number of aryl methyl sites for hydroxylation is 1. The van der Waals surface area contributed by atoms with Crippen molar-refractivity contribution in [1.29, 1.82) is 0 Å². The molecule has 0 aliphatic carbocycles. The number of likely N-dealkylation sites (tertiary alicyclic amines) is 1. The number of aromatic hydroxyl groups is 1. The monoisotopic (exact) mass is 496 g/mol. The molecule has 2 heterocycles. The lowest BCUT2D eigenvalue weighted by atomic mass is 9.93. The van der Waals surface area contributed by atoms with Crippen LogP contribution in [-0.4, -0.2) is 84.8 Å². The van der Waals surface area contributed by atoms with Gasteiger partial charge in [-0.1, -0.05) is 6.07 Å². The van der Waals surface area contributed by atoms with E-state index in [1.807, 2.05) is 0 Å². The third-order valence-electron chi connectivity index (χ3n) is 6.59. The van der Waals surface area contributed by atoms with Gasteiger partial charge in [0.25, 0.3) is 11.7 Å². The predicted octanol–water partition coefficient (Wildman–Crippen LogP) is 2.86. The summed E-state index contributed by atoms with van der Waals surface area (Å²) in [6, 6.07) is 9.01. The average molecular weight is 497 g/mol. The lowest BCUT2D eigenvalue weighted by Crippen LogP contribution is -2.42. The molecule has 9 nitrogen and oxygen atoms in total. The molecular formula is C27H32N2O7. The summed E-state index contributed by atoms with van der Waals surface area (Å²) in [5.41, 5.74) is 1.70. The summed E-state index contributed by atoms with van der Waals surface area (Å²) in [6.07, 6.45) is 0. The fourth-order valence-electron chi connectivity index (χ4n) is 4.68. The molecule has 1 amide bonds. The Morgan fingerprint density at radius 1 is 1.11 bits per heavy atom. The molecule has 4 rings (SSSR count). The molecular weight excluding hydrogens is 464 g/mol. The normalized spacial score (nSPS) is 20.1. The van der Waals surface area contributed by atoms with Gasteiger partial charge in [0.1, 0.15) is 11.5 Å². The minimum Gasteiger partial charge on any atom is -0.507 e. The van der Waals surface area contributed by atoms with E-state index in [9.17, 15) is 19.8 Å². The van der Waals surface area contributed by atoms with Gasteiger partial charge in [-0.2, -0.15) is 0 Å². The van der Waals surface area contributed by atoms with Crippen LogP contribution >= 0.6 is 0 Å². The molecule has 1 atom stereocenters. The van der Waals surface area contributed by atoms with Crippen molar-refractivity contribution >= 4 is 17.4 Å². The highest BCUT2D eigenvalue weighted by Crippen LogP contribution is 2.42. The highest BCUT2D eigenvalue weighted by atomic mass is 16.5. The Morgan fingerprint density at radius 3 is 2.53 bits per heavy atom. The van der Waals surface area contributed by atoms with Crippen LogP contribution in [0.15, 0.2) is 42.0 Å². The number of ether oxygens (including phenoxy) is 3. The van der Waals surface area contributed by atoms with Crippen LogP contribution in [0.3, 0.4) is 0 Å². The minimum atomic E-state index is -0.840. The first kappa shape index (κ1) is 25.5. The predicted molar refractivity (Wildman–Crippen MR) is 133 cm³/mol. The van der Waals surface area contributed by atoms with Crippen molar-refractivity contribution in [3.63, 3.8) is 0 Å². The number of aliphatic hydroxyl groups excluding tert-OH is 1. The zero-order valence-corrected chi connectivity index (χ0v) is 20.8. The van der Waals surface area contributed by atoms with Gasteiger partial charge in [-0.15, -0.1) is 0 Å².